The van der Waals surface area contributed by atoms with Crippen molar-refractivity contribution in [2.24, 2.45) is 0 Å². The highest BCUT2D eigenvalue weighted by molar-refractivity contribution is 7.80. The number of carbonyl (C=O) groups excluding carboxylic acids is 2. The van der Waals surface area contributed by atoms with E-state index in [0.717, 1.165) is 16.3 Å². The van der Waals surface area contributed by atoms with E-state index < -0.39 is 17.5 Å². The number of methoxy groups -OCH3 is 1. The Bertz CT molecular complexity index is 917. The van der Waals surface area contributed by atoms with E-state index in [1.165, 1.54) is 0 Å². The zero-order valence-electron chi connectivity index (χ0n) is 15.2. The molecule has 3 amide bonds. The average molecular weight is 384 g/mol. The van der Waals surface area contributed by atoms with Gasteiger partial charge in [-0.25, -0.2) is 4.79 Å². The first-order valence-electron chi connectivity index (χ1n) is 8.29. The van der Waals surface area contributed by atoms with Crippen LogP contribution in [0.5, 0.6) is 5.75 Å². The number of anilines is 1. The molecule has 0 bridgehead atoms. The summed E-state index contributed by atoms with van der Waals surface area (Å²) in [7, 11) is 1.54. The minimum atomic E-state index is -1.22. The molecule has 0 aromatic heterocycles. The predicted molar refractivity (Wildman–Crippen MR) is 106 cm³/mol. The molecule has 2 aromatic rings. The lowest BCUT2D eigenvalue weighted by atomic mass is 9.92. The molecule has 2 aromatic carbocycles. The molecule has 1 fully saturated rings. The van der Waals surface area contributed by atoms with Gasteiger partial charge in [-0.3, -0.25) is 10.2 Å². The third-order valence-corrected chi connectivity index (χ3v) is 4.52. The maximum atomic E-state index is 12.9. The molecule has 1 saturated heterocycles. The maximum Gasteiger partial charge on any atom is 0.344 e. The number of nitrogens with one attached hydrogen (secondary N) is 3. The number of carbonyl (C=O) groups is 2. The Kier molecular flexibility index (Phi) is 5.00. The molecule has 1 aliphatic heterocycles. The molecule has 0 aliphatic carbocycles. The maximum absolute atomic E-state index is 12.9. The van der Waals surface area contributed by atoms with Crippen LogP contribution in [0.4, 0.5) is 10.5 Å². The minimum Gasteiger partial charge on any atom is -0.497 e. The van der Waals surface area contributed by atoms with Crippen LogP contribution in [0, 0.1) is 6.92 Å². The molecule has 27 heavy (non-hydrogen) atoms. The molecule has 7 nitrogen and oxygen atoms in total. The Morgan fingerprint density at radius 1 is 1.19 bits per heavy atom. The largest absolute Gasteiger partial charge is 0.497 e. The summed E-state index contributed by atoms with van der Waals surface area (Å²) in [5.74, 6) is 0.132. The predicted octanol–water partition coefficient (Wildman–Crippen LogP) is 2.67. The third kappa shape index (κ3) is 3.70. The molecular formula is C19H20N4O3S. The van der Waals surface area contributed by atoms with E-state index in [9.17, 15) is 9.59 Å². The zero-order chi connectivity index (χ0) is 19.6. The second kappa shape index (κ2) is 7.24. The van der Waals surface area contributed by atoms with E-state index in [0.29, 0.717) is 11.3 Å². The number of rotatable bonds is 4. The summed E-state index contributed by atoms with van der Waals surface area (Å²) in [5.41, 5.74) is 3.87. The van der Waals surface area contributed by atoms with Crippen LogP contribution in [-0.2, 0) is 10.3 Å². The summed E-state index contributed by atoms with van der Waals surface area (Å²) in [5, 5.41) is 6.69. The average Bonchev–Trinajstić information content (AvgIpc) is 2.86. The van der Waals surface area contributed by atoms with Crippen LogP contribution in [0.2, 0.25) is 0 Å². The third-order valence-electron chi connectivity index (χ3n) is 4.33. The second-order valence-corrected chi connectivity index (χ2v) is 6.77. The summed E-state index contributed by atoms with van der Waals surface area (Å²) in [6, 6.07) is 14.0. The number of urea groups is 1. The van der Waals surface area contributed by atoms with Crippen molar-refractivity contribution >= 4 is 35.0 Å². The van der Waals surface area contributed by atoms with Crippen molar-refractivity contribution in [1.29, 1.82) is 0 Å². The van der Waals surface area contributed by atoms with Gasteiger partial charge in [0, 0.05) is 5.69 Å². The van der Waals surface area contributed by atoms with Crippen molar-refractivity contribution < 1.29 is 14.3 Å². The molecular weight excluding hydrogens is 364 g/mol. The number of thiocarbonyl (C=S) groups is 1. The van der Waals surface area contributed by atoms with Gasteiger partial charge in [0.15, 0.2) is 5.11 Å². The summed E-state index contributed by atoms with van der Waals surface area (Å²) in [6.45, 7) is 3.60. The summed E-state index contributed by atoms with van der Waals surface area (Å²) in [6.07, 6.45) is 0. The number of amides is 3. The topological polar surface area (TPSA) is 82.7 Å². The van der Waals surface area contributed by atoms with Gasteiger partial charge in [0.05, 0.1) is 7.11 Å². The van der Waals surface area contributed by atoms with E-state index >= 15 is 0 Å². The normalized spacial score (nSPS) is 18.9. The van der Waals surface area contributed by atoms with E-state index in [-0.39, 0.29) is 5.11 Å². The fourth-order valence-electron chi connectivity index (χ4n) is 2.85. The van der Waals surface area contributed by atoms with Gasteiger partial charge in [0.2, 0.25) is 0 Å². The van der Waals surface area contributed by atoms with E-state index in [2.05, 4.69) is 16.1 Å². The lowest BCUT2D eigenvalue weighted by molar-refractivity contribution is -0.132. The number of hydrogen-bond acceptors (Lipinski definition) is 4. The van der Waals surface area contributed by atoms with E-state index in [4.69, 9.17) is 17.0 Å². The molecule has 1 atom stereocenters. The van der Waals surface area contributed by atoms with Crippen molar-refractivity contribution in [1.82, 2.24) is 15.8 Å². The SMILES string of the molecule is COc1cccc([C@@]2(C)NC(=O)N(NC(=S)Nc3cccc(C)c3)C2=O)c1. The zero-order valence-corrected chi connectivity index (χ0v) is 16.0. The van der Waals surface area contributed by atoms with Crippen LogP contribution in [0.25, 0.3) is 0 Å². The van der Waals surface area contributed by atoms with Gasteiger partial charge < -0.3 is 15.4 Å². The van der Waals surface area contributed by atoms with Crippen molar-refractivity contribution in [3.63, 3.8) is 0 Å². The Balaban J connectivity index is 1.76. The Morgan fingerprint density at radius 3 is 2.63 bits per heavy atom. The molecule has 8 heteroatoms. The van der Waals surface area contributed by atoms with Crippen LogP contribution in [-0.4, -0.2) is 29.2 Å². The molecule has 3 N–H and O–H groups in total. The second-order valence-electron chi connectivity index (χ2n) is 6.36. The minimum absolute atomic E-state index is 0.138. The molecule has 3 rings (SSSR count). The highest BCUT2D eigenvalue weighted by Crippen LogP contribution is 2.30. The quantitative estimate of drug-likeness (QED) is 0.555. The highest BCUT2D eigenvalue weighted by atomic mass is 32.1. The van der Waals surface area contributed by atoms with Gasteiger partial charge in [-0.15, -0.1) is 0 Å². The molecule has 0 spiro atoms. The first-order chi connectivity index (χ1) is 12.8. The Morgan fingerprint density at radius 2 is 1.93 bits per heavy atom. The monoisotopic (exact) mass is 384 g/mol. The van der Waals surface area contributed by atoms with Gasteiger partial charge >= 0.3 is 6.03 Å². The fourth-order valence-corrected chi connectivity index (χ4v) is 3.06. The molecule has 0 saturated carbocycles. The van der Waals surface area contributed by atoms with Crippen LogP contribution in [0.15, 0.2) is 48.5 Å². The smallest absolute Gasteiger partial charge is 0.344 e. The van der Waals surface area contributed by atoms with Gasteiger partial charge in [-0.05, 0) is 61.5 Å². The van der Waals surface area contributed by atoms with Crippen molar-refractivity contribution in [2.75, 3.05) is 12.4 Å². The van der Waals surface area contributed by atoms with Gasteiger partial charge in [-0.1, -0.05) is 24.3 Å². The van der Waals surface area contributed by atoms with Crippen LogP contribution < -0.4 is 20.8 Å². The number of nitrogens with zero attached hydrogens (tertiary/aromatic N) is 1. The summed E-state index contributed by atoms with van der Waals surface area (Å²) < 4.78 is 5.20. The van der Waals surface area contributed by atoms with E-state index in [1.54, 1.807) is 38.3 Å². The number of benzene rings is 2. The first-order valence-corrected chi connectivity index (χ1v) is 8.70. The van der Waals surface area contributed by atoms with Crippen LogP contribution in [0.1, 0.15) is 18.1 Å². The van der Waals surface area contributed by atoms with Crippen molar-refractivity contribution in [3.05, 3.63) is 59.7 Å². The van der Waals surface area contributed by atoms with Gasteiger partial charge in [0.25, 0.3) is 5.91 Å². The fraction of sp³-hybridized carbons (Fsp3) is 0.211. The Hall–Kier alpha value is -3.13. The number of ether oxygens (including phenoxy) is 1. The van der Waals surface area contributed by atoms with Crippen LogP contribution >= 0.6 is 12.2 Å². The molecule has 1 aliphatic rings. The Labute approximate surface area is 162 Å². The number of hydrazine groups is 1. The molecule has 0 unspecified atom stereocenters. The number of imide groups is 1. The summed E-state index contributed by atoms with van der Waals surface area (Å²) >= 11 is 5.24. The molecule has 0 radical (unpaired) electrons. The van der Waals surface area contributed by atoms with Crippen LogP contribution in [0.3, 0.4) is 0 Å². The van der Waals surface area contributed by atoms with Gasteiger partial charge in [-0.2, -0.15) is 5.01 Å². The molecule has 140 valence electrons. The summed E-state index contributed by atoms with van der Waals surface area (Å²) in [4.78, 5) is 25.3. The number of hydrogen-bond donors (Lipinski definition) is 3. The standard InChI is InChI=1S/C19H20N4O3S/c1-12-6-4-8-14(10-12)20-17(27)22-23-16(24)19(2,21-18(23)25)13-7-5-9-15(11-13)26-3/h4-11H,1-3H3,(H,21,25)(H2,20,22,27)/t19-/m1/s1. The molecule has 1 heterocycles. The number of aryl methyl sites for hydroxylation is 1. The van der Waals surface area contributed by atoms with Crippen molar-refractivity contribution in [2.45, 2.75) is 19.4 Å². The lowest BCUT2D eigenvalue weighted by Gasteiger charge is -2.23. The van der Waals surface area contributed by atoms with E-state index in [1.807, 2.05) is 31.2 Å². The van der Waals surface area contributed by atoms with Crippen molar-refractivity contribution in [3.8, 4) is 5.75 Å². The van der Waals surface area contributed by atoms with Gasteiger partial charge in [0.1, 0.15) is 11.3 Å². The first kappa shape index (κ1) is 18.7. The lowest BCUT2D eigenvalue weighted by Crippen LogP contribution is -2.49. The highest BCUT2D eigenvalue weighted by Gasteiger charge is 2.50.